The number of benzene rings is 1. The van der Waals surface area contributed by atoms with E-state index in [9.17, 15) is 0 Å². The molecule has 0 aliphatic rings. The number of nitrogens with zero attached hydrogens (tertiary/aromatic N) is 2. The van der Waals surface area contributed by atoms with Crippen LogP contribution in [0.15, 0.2) is 42.7 Å². The van der Waals surface area contributed by atoms with Gasteiger partial charge in [0, 0.05) is 25.0 Å². The van der Waals surface area contributed by atoms with Gasteiger partial charge >= 0.3 is 0 Å². The Hall–Kier alpha value is -1.81. The number of methoxy groups -OCH3 is 1. The van der Waals surface area contributed by atoms with Crippen LogP contribution in [0.2, 0.25) is 0 Å². The maximum atomic E-state index is 5.16. The third kappa shape index (κ3) is 4.10. The molecule has 1 aromatic heterocycles. The van der Waals surface area contributed by atoms with Crippen LogP contribution in [0.25, 0.3) is 0 Å². The summed E-state index contributed by atoms with van der Waals surface area (Å²) in [5.74, 6) is 0.898. The van der Waals surface area contributed by atoms with Crippen molar-refractivity contribution in [2.75, 3.05) is 13.7 Å². The van der Waals surface area contributed by atoms with Gasteiger partial charge in [-0.2, -0.15) is 5.10 Å². The summed E-state index contributed by atoms with van der Waals surface area (Å²) >= 11 is 0. The van der Waals surface area contributed by atoms with Crippen LogP contribution in [0.3, 0.4) is 0 Å². The first kappa shape index (κ1) is 13.6. The lowest BCUT2D eigenvalue weighted by molar-refractivity contribution is 0.414. The Morgan fingerprint density at radius 3 is 2.74 bits per heavy atom. The molecule has 102 valence electrons. The van der Waals surface area contributed by atoms with Gasteiger partial charge in [-0.3, -0.25) is 4.68 Å². The molecule has 4 nitrogen and oxygen atoms in total. The Morgan fingerprint density at radius 1 is 1.32 bits per heavy atom. The first-order valence-corrected chi connectivity index (χ1v) is 6.64. The van der Waals surface area contributed by atoms with Crippen molar-refractivity contribution >= 4 is 0 Å². The highest BCUT2D eigenvalue weighted by molar-refractivity contribution is 5.28. The van der Waals surface area contributed by atoms with Crippen LogP contribution in [-0.4, -0.2) is 23.4 Å². The highest BCUT2D eigenvalue weighted by Gasteiger charge is 2.04. The second kappa shape index (κ2) is 6.95. The molecule has 1 atom stereocenters. The highest BCUT2D eigenvalue weighted by Crippen LogP contribution is 2.16. The van der Waals surface area contributed by atoms with E-state index >= 15 is 0 Å². The lowest BCUT2D eigenvalue weighted by atomic mass is 10.1. The Balaban J connectivity index is 1.72. The smallest absolute Gasteiger partial charge is 0.118 e. The Morgan fingerprint density at radius 2 is 2.11 bits per heavy atom. The fourth-order valence-electron chi connectivity index (χ4n) is 2.00. The molecule has 1 N–H and O–H groups in total. The molecule has 0 aliphatic carbocycles. The molecule has 2 aromatic rings. The average molecular weight is 259 g/mol. The largest absolute Gasteiger partial charge is 0.497 e. The van der Waals surface area contributed by atoms with Crippen molar-refractivity contribution in [3.63, 3.8) is 0 Å². The summed E-state index contributed by atoms with van der Waals surface area (Å²) in [6.45, 7) is 4.11. The molecular formula is C15H21N3O. The zero-order chi connectivity index (χ0) is 13.5. The van der Waals surface area contributed by atoms with Gasteiger partial charge in [-0.15, -0.1) is 0 Å². The van der Waals surface area contributed by atoms with Gasteiger partial charge in [0.2, 0.25) is 0 Å². The molecular weight excluding hydrogens is 238 g/mol. The third-order valence-electron chi connectivity index (χ3n) is 3.19. The first-order valence-electron chi connectivity index (χ1n) is 6.64. The number of nitrogens with one attached hydrogen (secondary N) is 1. The van der Waals surface area contributed by atoms with E-state index in [-0.39, 0.29) is 0 Å². The minimum atomic E-state index is 0.350. The second-order valence-corrected chi connectivity index (χ2v) is 4.57. The Labute approximate surface area is 114 Å². The topological polar surface area (TPSA) is 39.1 Å². The molecule has 19 heavy (non-hydrogen) atoms. The molecule has 0 saturated heterocycles. The molecule has 2 rings (SSSR count). The van der Waals surface area contributed by atoms with E-state index in [1.54, 1.807) is 7.11 Å². The minimum Gasteiger partial charge on any atom is -0.497 e. The zero-order valence-corrected chi connectivity index (χ0v) is 11.5. The molecule has 0 radical (unpaired) electrons. The highest BCUT2D eigenvalue weighted by atomic mass is 16.5. The molecule has 1 heterocycles. The lowest BCUT2D eigenvalue weighted by Crippen LogP contribution is -2.21. The summed E-state index contributed by atoms with van der Waals surface area (Å²) in [4.78, 5) is 0. The second-order valence-electron chi connectivity index (χ2n) is 4.57. The van der Waals surface area contributed by atoms with Gasteiger partial charge in [0.1, 0.15) is 5.75 Å². The van der Waals surface area contributed by atoms with E-state index < -0.39 is 0 Å². The van der Waals surface area contributed by atoms with Crippen molar-refractivity contribution in [2.24, 2.45) is 0 Å². The van der Waals surface area contributed by atoms with Crippen LogP contribution in [0.4, 0.5) is 0 Å². The molecule has 1 aromatic carbocycles. The van der Waals surface area contributed by atoms with Gasteiger partial charge in [0.15, 0.2) is 0 Å². The third-order valence-corrected chi connectivity index (χ3v) is 3.19. The fraction of sp³-hybridized carbons (Fsp3) is 0.400. The van der Waals surface area contributed by atoms with E-state index in [4.69, 9.17) is 4.74 Å². The Bertz CT molecular complexity index is 465. The number of ether oxygens (including phenoxy) is 1. The van der Waals surface area contributed by atoms with Gasteiger partial charge in [0.05, 0.1) is 7.11 Å². The summed E-state index contributed by atoms with van der Waals surface area (Å²) in [6.07, 6.45) is 4.88. The molecule has 1 unspecified atom stereocenters. The first-order chi connectivity index (χ1) is 9.29. The van der Waals surface area contributed by atoms with E-state index in [0.29, 0.717) is 6.04 Å². The molecule has 0 spiro atoms. The van der Waals surface area contributed by atoms with E-state index in [1.807, 2.05) is 35.3 Å². The predicted octanol–water partition coefficient (Wildman–Crippen LogP) is 2.63. The summed E-state index contributed by atoms with van der Waals surface area (Å²) in [6, 6.07) is 10.5. The number of aryl methyl sites for hydroxylation is 1. The van der Waals surface area contributed by atoms with Crippen molar-refractivity contribution < 1.29 is 4.74 Å². The van der Waals surface area contributed by atoms with Crippen LogP contribution in [0.5, 0.6) is 5.75 Å². The summed E-state index contributed by atoms with van der Waals surface area (Å²) in [5, 5.41) is 7.70. The van der Waals surface area contributed by atoms with Gasteiger partial charge in [-0.1, -0.05) is 12.1 Å². The van der Waals surface area contributed by atoms with Gasteiger partial charge in [0.25, 0.3) is 0 Å². The molecule has 0 fully saturated rings. The molecule has 4 heteroatoms. The number of aromatic nitrogens is 2. The molecule has 0 amide bonds. The van der Waals surface area contributed by atoms with Crippen LogP contribution in [0.1, 0.15) is 24.9 Å². The van der Waals surface area contributed by atoms with Gasteiger partial charge in [-0.25, -0.2) is 0 Å². The number of hydrogen-bond donors (Lipinski definition) is 1. The SMILES string of the molecule is COc1ccc(C(C)NCCCn2cccn2)cc1. The van der Waals surface area contributed by atoms with Crippen molar-refractivity contribution in [2.45, 2.75) is 25.9 Å². The van der Waals surface area contributed by atoms with Gasteiger partial charge < -0.3 is 10.1 Å². The zero-order valence-electron chi connectivity index (χ0n) is 11.5. The number of rotatable bonds is 7. The number of hydrogen-bond acceptors (Lipinski definition) is 3. The monoisotopic (exact) mass is 259 g/mol. The lowest BCUT2D eigenvalue weighted by Gasteiger charge is -2.14. The van der Waals surface area contributed by atoms with E-state index in [0.717, 1.165) is 25.3 Å². The quantitative estimate of drug-likeness (QED) is 0.777. The van der Waals surface area contributed by atoms with Crippen LogP contribution in [-0.2, 0) is 6.54 Å². The standard InChI is InChI=1S/C15H21N3O/c1-13(14-5-7-15(19-2)8-6-14)16-9-3-11-18-12-4-10-17-18/h4-8,10,12-13,16H,3,9,11H2,1-2H3. The summed E-state index contributed by atoms with van der Waals surface area (Å²) in [7, 11) is 1.69. The van der Waals surface area contributed by atoms with Crippen LogP contribution >= 0.6 is 0 Å². The average Bonchev–Trinajstić information content (AvgIpc) is 2.96. The normalized spacial score (nSPS) is 12.3. The maximum Gasteiger partial charge on any atom is 0.118 e. The minimum absolute atomic E-state index is 0.350. The van der Waals surface area contributed by atoms with Crippen molar-refractivity contribution in [3.05, 3.63) is 48.3 Å². The molecule has 0 bridgehead atoms. The van der Waals surface area contributed by atoms with Crippen molar-refractivity contribution in [1.82, 2.24) is 15.1 Å². The van der Waals surface area contributed by atoms with Crippen LogP contribution < -0.4 is 10.1 Å². The van der Waals surface area contributed by atoms with E-state index in [1.165, 1.54) is 5.56 Å². The van der Waals surface area contributed by atoms with E-state index in [2.05, 4.69) is 29.5 Å². The maximum absolute atomic E-state index is 5.16. The van der Waals surface area contributed by atoms with Crippen LogP contribution in [0, 0.1) is 0 Å². The Kier molecular flexibility index (Phi) is 4.98. The van der Waals surface area contributed by atoms with Crippen molar-refractivity contribution in [1.29, 1.82) is 0 Å². The summed E-state index contributed by atoms with van der Waals surface area (Å²) in [5.41, 5.74) is 1.28. The fourth-order valence-corrected chi connectivity index (χ4v) is 2.00. The molecule has 0 aliphatic heterocycles. The molecule has 0 saturated carbocycles. The predicted molar refractivity (Wildman–Crippen MR) is 76.3 cm³/mol. The van der Waals surface area contributed by atoms with Gasteiger partial charge in [-0.05, 0) is 43.7 Å². The summed E-state index contributed by atoms with van der Waals surface area (Å²) < 4.78 is 7.12. The van der Waals surface area contributed by atoms with Crippen molar-refractivity contribution in [3.8, 4) is 5.75 Å².